The van der Waals surface area contributed by atoms with Crippen LogP contribution in [0.15, 0.2) is 46.9 Å². The Hall–Kier alpha value is -1.48. The van der Waals surface area contributed by atoms with Crippen LogP contribution in [0.2, 0.25) is 0 Å². The maximum Gasteiger partial charge on any atom is 0.120 e. The van der Waals surface area contributed by atoms with Crippen LogP contribution in [0.25, 0.3) is 0 Å². The molecule has 0 saturated carbocycles. The molecule has 0 spiro atoms. The summed E-state index contributed by atoms with van der Waals surface area (Å²) in [5.74, 6) is 0.875. The van der Waals surface area contributed by atoms with Gasteiger partial charge >= 0.3 is 0 Å². The summed E-state index contributed by atoms with van der Waals surface area (Å²) in [5.41, 5.74) is 9.10. The van der Waals surface area contributed by atoms with Crippen molar-refractivity contribution in [2.45, 2.75) is 32.8 Å². The van der Waals surface area contributed by atoms with Crippen molar-refractivity contribution >= 4 is 21.6 Å². The first kappa shape index (κ1) is 14.9. The van der Waals surface area contributed by atoms with Crippen molar-refractivity contribution in [2.75, 3.05) is 5.73 Å². The number of rotatable bonds is 3. The Bertz CT molecular complexity index is 602. The molecule has 2 rings (SSSR count). The van der Waals surface area contributed by atoms with Gasteiger partial charge in [0.05, 0.1) is 0 Å². The average molecular weight is 334 g/mol. The van der Waals surface area contributed by atoms with Crippen molar-refractivity contribution in [3.63, 3.8) is 0 Å². The third-order valence-electron chi connectivity index (χ3n) is 3.20. The summed E-state index contributed by atoms with van der Waals surface area (Å²) in [6.45, 7) is 7.06. The minimum atomic E-state index is 0.121. The molecule has 20 heavy (non-hydrogen) atoms. The van der Waals surface area contributed by atoms with Crippen LogP contribution < -0.4 is 10.5 Å². The number of hydrogen-bond acceptors (Lipinski definition) is 2. The third-order valence-corrected chi connectivity index (χ3v) is 3.70. The highest BCUT2D eigenvalue weighted by Gasteiger charge is 2.14. The maximum absolute atomic E-state index is 5.97. The van der Waals surface area contributed by atoms with Crippen molar-refractivity contribution in [3.8, 4) is 5.75 Å². The highest BCUT2D eigenvalue weighted by molar-refractivity contribution is 9.10. The Labute approximate surface area is 129 Å². The quantitative estimate of drug-likeness (QED) is 0.810. The SMILES string of the molecule is CC(C)(C)c1cccc(OCc2ccc(Br)cc2N)c1. The first-order valence-electron chi connectivity index (χ1n) is 6.63. The molecule has 0 aliphatic rings. The number of halogens is 1. The first-order chi connectivity index (χ1) is 9.36. The number of anilines is 1. The smallest absolute Gasteiger partial charge is 0.120 e. The van der Waals surface area contributed by atoms with Gasteiger partial charge in [0.2, 0.25) is 0 Å². The number of nitrogen functional groups attached to an aromatic ring is 1. The van der Waals surface area contributed by atoms with Crippen LogP contribution in [0.5, 0.6) is 5.75 Å². The van der Waals surface area contributed by atoms with Crippen molar-refractivity contribution in [1.82, 2.24) is 0 Å². The lowest BCUT2D eigenvalue weighted by atomic mass is 9.87. The van der Waals surface area contributed by atoms with E-state index in [0.717, 1.165) is 21.5 Å². The highest BCUT2D eigenvalue weighted by atomic mass is 79.9. The van der Waals surface area contributed by atoms with Crippen LogP contribution in [-0.2, 0) is 12.0 Å². The lowest BCUT2D eigenvalue weighted by molar-refractivity contribution is 0.306. The van der Waals surface area contributed by atoms with Gasteiger partial charge in [-0.1, -0.05) is 54.9 Å². The van der Waals surface area contributed by atoms with Gasteiger partial charge in [-0.05, 0) is 35.2 Å². The summed E-state index contributed by atoms with van der Waals surface area (Å²) in [6.07, 6.45) is 0. The zero-order chi connectivity index (χ0) is 14.8. The van der Waals surface area contributed by atoms with Gasteiger partial charge in [-0.25, -0.2) is 0 Å². The van der Waals surface area contributed by atoms with E-state index in [1.807, 2.05) is 30.3 Å². The summed E-state index contributed by atoms with van der Waals surface area (Å²) in [5, 5.41) is 0. The van der Waals surface area contributed by atoms with Crippen molar-refractivity contribution in [1.29, 1.82) is 0 Å². The number of hydrogen-bond donors (Lipinski definition) is 1. The van der Waals surface area contributed by atoms with E-state index < -0.39 is 0 Å². The lowest BCUT2D eigenvalue weighted by Crippen LogP contribution is -2.11. The summed E-state index contributed by atoms with van der Waals surface area (Å²) >= 11 is 3.40. The van der Waals surface area contributed by atoms with Crippen LogP contribution in [0, 0.1) is 0 Å². The molecular formula is C17H20BrNO. The fourth-order valence-electron chi connectivity index (χ4n) is 1.91. The van der Waals surface area contributed by atoms with Gasteiger partial charge < -0.3 is 10.5 Å². The molecule has 106 valence electrons. The normalized spacial score (nSPS) is 11.4. The fourth-order valence-corrected chi connectivity index (χ4v) is 2.29. The zero-order valence-electron chi connectivity index (χ0n) is 12.1. The van der Waals surface area contributed by atoms with E-state index in [9.17, 15) is 0 Å². The Morgan fingerprint density at radius 3 is 2.50 bits per heavy atom. The Morgan fingerprint density at radius 2 is 1.85 bits per heavy atom. The number of nitrogens with two attached hydrogens (primary N) is 1. The molecule has 0 radical (unpaired) electrons. The zero-order valence-corrected chi connectivity index (χ0v) is 13.7. The van der Waals surface area contributed by atoms with Crippen LogP contribution in [0.3, 0.4) is 0 Å². The number of ether oxygens (including phenoxy) is 1. The van der Waals surface area contributed by atoms with Crippen LogP contribution >= 0.6 is 15.9 Å². The van der Waals surface area contributed by atoms with Crippen LogP contribution in [0.4, 0.5) is 5.69 Å². The maximum atomic E-state index is 5.97. The predicted octanol–water partition coefficient (Wildman–Crippen LogP) is 4.91. The standard InChI is InChI=1S/C17H20BrNO/c1-17(2,3)13-5-4-6-15(9-13)20-11-12-7-8-14(18)10-16(12)19/h4-10H,11,19H2,1-3H3. The van der Waals surface area contributed by atoms with Crippen molar-refractivity contribution < 1.29 is 4.74 Å². The molecule has 0 unspecified atom stereocenters. The van der Waals surface area contributed by atoms with E-state index in [1.54, 1.807) is 0 Å². The lowest BCUT2D eigenvalue weighted by Gasteiger charge is -2.20. The van der Waals surface area contributed by atoms with E-state index in [2.05, 4.69) is 48.8 Å². The third kappa shape index (κ3) is 3.76. The van der Waals surface area contributed by atoms with Crippen LogP contribution in [0.1, 0.15) is 31.9 Å². The van der Waals surface area contributed by atoms with Crippen molar-refractivity contribution in [2.24, 2.45) is 0 Å². The summed E-state index contributed by atoms with van der Waals surface area (Å²) in [6, 6.07) is 14.1. The molecule has 2 nitrogen and oxygen atoms in total. The molecule has 0 bridgehead atoms. The van der Waals surface area contributed by atoms with E-state index in [1.165, 1.54) is 5.56 Å². The Morgan fingerprint density at radius 1 is 1.10 bits per heavy atom. The van der Waals surface area contributed by atoms with Crippen LogP contribution in [-0.4, -0.2) is 0 Å². The molecule has 0 fully saturated rings. The van der Waals surface area contributed by atoms with Gasteiger partial charge in [0.25, 0.3) is 0 Å². The average Bonchev–Trinajstić information content (AvgIpc) is 2.37. The summed E-state index contributed by atoms with van der Waals surface area (Å²) in [4.78, 5) is 0. The van der Waals surface area contributed by atoms with Gasteiger partial charge in [-0.3, -0.25) is 0 Å². The van der Waals surface area contributed by atoms with E-state index in [4.69, 9.17) is 10.5 Å². The topological polar surface area (TPSA) is 35.2 Å². The van der Waals surface area contributed by atoms with Gasteiger partial charge in [0.1, 0.15) is 12.4 Å². The second-order valence-corrected chi connectivity index (χ2v) is 6.83. The molecule has 2 aromatic carbocycles. The molecule has 3 heteroatoms. The fraction of sp³-hybridized carbons (Fsp3) is 0.294. The van der Waals surface area contributed by atoms with Gasteiger partial charge in [-0.15, -0.1) is 0 Å². The minimum absolute atomic E-state index is 0.121. The first-order valence-corrected chi connectivity index (χ1v) is 7.43. The van der Waals surface area contributed by atoms with Gasteiger partial charge in [-0.2, -0.15) is 0 Å². The van der Waals surface area contributed by atoms with E-state index in [0.29, 0.717) is 6.61 Å². The molecule has 0 aliphatic heterocycles. The second-order valence-electron chi connectivity index (χ2n) is 5.91. The molecule has 0 aliphatic carbocycles. The van der Waals surface area contributed by atoms with E-state index >= 15 is 0 Å². The van der Waals surface area contributed by atoms with Gasteiger partial charge in [0, 0.05) is 15.7 Å². The Balaban J connectivity index is 2.11. The molecule has 0 atom stereocenters. The Kier molecular flexibility index (Phi) is 4.39. The summed E-state index contributed by atoms with van der Waals surface area (Å²) in [7, 11) is 0. The summed E-state index contributed by atoms with van der Waals surface area (Å²) < 4.78 is 6.83. The monoisotopic (exact) mass is 333 g/mol. The molecular weight excluding hydrogens is 314 g/mol. The van der Waals surface area contributed by atoms with E-state index in [-0.39, 0.29) is 5.41 Å². The van der Waals surface area contributed by atoms with Gasteiger partial charge in [0.15, 0.2) is 0 Å². The number of benzene rings is 2. The molecule has 0 heterocycles. The predicted molar refractivity (Wildman–Crippen MR) is 88.0 cm³/mol. The molecule has 2 aromatic rings. The molecule has 0 saturated heterocycles. The highest BCUT2D eigenvalue weighted by Crippen LogP contribution is 2.26. The molecule has 2 N–H and O–H groups in total. The van der Waals surface area contributed by atoms with Crippen molar-refractivity contribution in [3.05, 3.63) is 58.1 Å². The second kappa shape index (κ2) is 5.88. The molecule has 0 amide bonds. The molecule has 0 aromatic heterocycles. The largest absolute Gasteiger partial charge is 0.489 e. The minimum Gasteiger partial charge on any atom is -0.489 e.